The SMILES string of the molecule is CCc1ncoc1C(C)(O)c1ccc(C(F)(F)F)cc1. The largest absolute Gasteiger partial charge is 0.445 e. The van der Waals surface area contributed by atoms with E-state index in [9.17, 15) is 18.3 Å². The van der Waals surface area contributed by atoms with Gasteiger partial charge in [0.15, 0.2) is 12.2 Å². The van der Waals surface area contributed by atoms with Gasteiger partial charge in [-0.3, -0.25) is 0 Å². The second-order valence-electron chi connectivity index (χ2n) is 4.63. The lowest BCUT2D eigenvalue weighted by Crippen LogP contribution is -2.24. The second kappa shape index (κ2) is 4.94. The molecule has 6 heteroatoms. The van der Waals surface area contributed by atoms with Crippen molar-refractivity contribution >= 4 is 0 Å². The summed E-state index contributed by atoms with van der Waals surface area (Å²) in [5, 5.41) is 10.5. The predicted octanol–water partition coefficient (Wildman–Crippen LogP) is 3.51. The fourth-order valence-corrected chi connectivity index (χ4v) is 2.03. The summed E-state index contributed by atoms with van der Waals surface area (Å²) in [6, 6.07) is 4.35. The van der Waals surface area contributed by atoms with E-state index in [4.69, 9.17) is 4.42 Å². The average molecular weight is 285 g/mol. The first kappa shape index (κ1) is 14.6. The number of hydrogen-bond acceptors (Lipinski definition) is 3. The molecule has 0 aliphatic carbocycles. The van der Waals surface area contributed by atoms with Crippen molar-refractivity contribution in [1.29, 1.82) is 0 Å². The fourth-order valence-electron chi connectivity index (χ4n) is 2.03. The van der Waals surface area contributed by atoms with E-state index in [1.165, 1.54) is 25.5 Å². The topological polar surface area (TPSA) is 46.3 Å². The number of aromatic nitrogens is 1. The zero-order valence-corrected chi connectivity index (χ0v) is 11.0. The van der Waals surface area contributed by atoms with Gasteiger partial charge >= 0.3 is 6.18 Å². The normalized spacial score (nSPS) is 15.1. The molecule has 0 fully saturated rings. The van der Waals surface area contributed by atoms with Crippen molar-refractivity contribution in [2.75, 3.05) is 0 Å². The Labute approximate surface area is 114 Å². The highest BCUT2D eigenvalue weighted by atomic mass is 19.4. The number of nitrogens with zero attached hydrogens (tertiary/aromatic N) is 1. The number of alkyl halides is 3. The number of oxazole rings is 1. The Balaban J connectivity index is 2.40. The fraction of sp³-hybridized carbons (Fsp3) is 0.357. The molecule has 0 amide bonds. The van der Waals surface area contributed by atoms with Crippen LogP contribution in [0.1, 0.15) is 36.4 Å². The molecule has 1 N–H and O–H groups in total. The zero-order valence-electron chi connectivity index (χ0n) is 11.0. The molecule has 0 spiro atoms. The van der Waals surface area contributed by atoms with Crippen LogP contribution in [-0.4, -0.2) is 10.1 Å². The maximum atomic E-state index is 12.5. The van der Waals surface area contributed by atoms with Crippen LogP contribution in [0.3, 0.4) is 0 Å². The molecular weight excluding hydrogens is 271 g/mol. The van der Waals surface area contributed by atoms with Crippen molar-refractivity contribution in [3.63, 3.8) is 0 Å². The lowest BCUT2D eigenvalue weighted by atomic mass is 9.91. The first-order chi connectivity index (χ1) is 9.26. The molecule has 0 saturated heterocycles. The van der Waals surface area contributed by atoms with Crippen LogP contribution in [0.2, 0.25) is 0 Å². The van der Waals surface area contributed by atoms with E-state index in [1.807, 2.05) is 6.92 Å². The number of halogens is 3. The van der Waals surface area contributed by atoms with Gasteiger partial charge in [0.1, 0.15) is 5.60 Å². The van der Waals surface area contributed by atoms with Crippen LogP contribution >= 0.6 is 0 Å². The van der Waals surface area contributed by atoms with Gasteiger partial charge in [0, 0.05) is 0 Å². The summed E-state index contributed by atoms with van der Waals surface area (Å²) >= 11 is 0. The average Bonchev–Trinajstić information content (AvgIpc) is 2.87. The Morgan fingerprint density at radius 3 is 2.20 bits per heavy atom. The molecule has 0 radical (unpaired) electrons. The highest BCUT2D eigenvalue weighted by Crippen LogP contribution is 2.34. The summed E-state index contributed by atoms with van der Waals surface area (Å²) in [4.78, 5) is 3.98. The molecule has 0 aliphatic heterocycles. The van der Waals surface area contributed by atoms with Gasteiger partial charge in [-0.25, -0.2) is 4.98 Å². The lowest BCUT2D eigenvalue weighted by molar-refractivity contribution is -0.137. The Hall–Kier alpha value is -1.82. The molecule has 108 valence electrons. The van der Waals surface area contributed by atoms with Crippen LogP contribution in [0.4, 0.5) is 13.2 Å². The summed E-state index contributed by atoms with van der Waals surface area (Å²) in [5.41, 5.74) is -1.39. The van der Waals surface area contributed by atoms with Gasteiger partial charge in [-0.05, 0) is 31.0 Å². The van der Waals surface area contributed by atoms with Crippen LogP contribution in [0.25, 0.3) is 0 Å². The van der Waals surface area contributed by atoms with E-state index in [-0.39, 0.29) is 5.76 Å². The van der Waals surface area contributed by atoms with Gasteiger partial charge in [-0.2, -0.15) is 13.2 Å². The highest BCUT2D eigenvalue weighted by Gasteiger charge is 2.34. The van der Waals surface area contributed by atoms with Crippen LogP contribution in [0, 0.1) is 0 Å². The zero-order chi connectivity index (χ0) is 15.0. The predicted molar refractivity (Wildman–Crippen MR) is 66.0 cm³/mol. The van der Waals surface area contributed by atoms with Gasteiger partial charge in [-0.1, -0.05) is 19.1 Å². The van der Waals surface area contributed by atoms with Crippen LogP contribution in [0.5, 0.6) is 0 Å². The Morgan fingerprint density at radius 2 is 1.70 bits per heavy atom. The molecule has 20 heavy (non-hydrogen) atoms. The molecule has 1 aromatic carbocycles. The first-order valence-electron chi connectivity index (χ1n) is 6.09. The minimum absolute atomic E-state index is 0.250. The molecule has 0 bridgehead atoms. The molecule has 1 atom stereocenters. The van der Waals surface area contributed by atoms with Crippen LogP contribution < -0.4 is 0 Å². The smallest absolute Gasteiger partial charge is 0.416 e. The van der Waals surface area contributed by atoms with Crippen molar-refractivity contribution in [2.24, 2.45) is 0 Å². The van der Waals surface area contributed by atoms with Gasteiger partial charge in [0.05, 0.1) is 11.3 Å². The molecule has 1 heterocycles. The number of hydrogen-bond donors (Lipinski definition) is 1. The van der Waals surface area contributed by atoms with Gasteiger partial charge < -0.3 is 9.52 Å². The number of benzene rings is 1. The summed E-state index contributed by atoms with van der Waals surface area (Å²) in [6.45, 7) is 3.32. The van der Waals surface area contributed by atoms with Crippen LogP contribution in [0.15, 0.2) is 35.1 Å². The molecule has 1 aromatic heterocycles. The molecule has 1 unspecified atom stereocenters. The van der Waals surface area contributed by atoms with Crippen LogP contribution in [-0.2, 0) is 18.2 Å². The quantitative estimate of drug-likeness (QED) is 0.938. The summed E-state index contributed by atoms with van der Waals surface area (Å²) < 4.78 is 42.7. The van der Waals surface area contributed by atoms with Gasteiger partial charge in [0.2, 0.25) is 0 Å². The lowest BCUT2D eigenvalue weighted by Gasteiger charge is -2.22. The van der Waals surface area contributed by atoms with E-state index in [2.05, 4.69) is 4.98 Å². The van der Waals surface area contributed by atoms with Crippen molar-refractivity contribution in [3.05, 3.63) is 53.2 Å². The Bertz CT molecular complexity index is 585. The summed E-state index contributed by atoms with van der Waals surface area (Å²) in [6.07, 6.45) is -2.62. The van der Waals surface area contributed by atoms with E-state index in [0.29, 0.717) is 17.7 Å². The first-order valence-corrected chi connectivity index (χ1v) is 6.09. The third kappa shape index (κ3) is 2.56. The third-order valence-corrected chi connectivity index (χ3v) is 3.19. The van der Waals surface area contributed by atoms with Gasteiger partial charge in [-0.15, -0.1) is 0 Å². The minimum atomic E-state index is -4.40. The van der Waals surface area contributed by atoms with E-state index >= 15 is 0 Å². The standard InChI is InChI=1S/C14H14F3NO2/c1-3-11-12(20-8-18-11)13(2,19)9-4-6-10(7-5-9)14(15,16)17/h4-8,19H,3H2,1-2H3. The maximum Gasteiger partial charge on any atom is 0.416 e. The monoisotopic (exact) mass is 285 g/mol. The van der Waals surface area contributed by atoms with E-state index in [0.717, 1.165) is 12.1 Å². The number of aliphatic hydroxyl groups is 1. The molecule has 2 rings (SSSR count). The molecule has 3 nitrogen and oxygen atoms in total. The molecule has 0 aliphatic rings. The van der Waals surface area contributed by atoms with Crippen molar-refractivity contribution in [1.82, 2.24) is 4.98 Å². The summed E-state index contributed by atoms with van der Waals surface area (Å²) in [7, 11) is 0. The van der Waals surface area contributed by atoms with E-state index in [1.54, 1.807) is 0 Å². The maximum absolute atomic E-state index is 12.5. The highest BCUT2D eigenvalue weighted by molar-refractivity contribution is 5.34. The molecule has 0 saturated carbocycles. The van der Waals surface area contributed by atoms with Crippen molar-refractivity contribution < 1.29 is 22.7 Å². The summed E-state index contributed by atoms with van der Waals surface area (Å²) in [5.74, 6) is 0.250. The Morgan fingerprint density at radius 1 is 1.15 bits per heavy atom. The molecular formula is C14H14F3NO2. The van der Waals surface area contributed by atoms with Crippen molar-refractivity contribution in [3.8, 4) is 0 Å². The minimum Gasteiger partial charge on any atom is -0.445 e. The van der Waals surface area contributed by atoms with Gasteiger partial charge in [0.25, 0.3) is 0 Å². The molecule has 2 aromatic rings. The van der Waals surface area contributed by atoms with Crippen molar-refractivity contribution in [2.45, 2.75) is 32.0 Å². The number of rotatable bonds is 3. The number of aryl methyl sites for hydroxylation is 1. The van der Waals surface area contributed by atoms with E-state index < -0.39 is 17.3 Å². The second-order valence-corrected chi connectivity index (χ2v) is 4.63. The third-order valence-electron chi connectivity index (χ3n) is 3.19. The Kier molecular flexibility index (Phi) is 3.60.